The number of rotatable bonds is 9. The highest BCUT2D eigenvalue weighted by molar-refractivity contribution is 6.00. The molecule has 8 nitrogen and oxygen atoms in total. The molecule has 0 aromatic heterocycles. The molecule has 0 heterocycles. The number of hydrogen-bond acceptors (Lipinski definition) is 5. The summed E-state index contributed by atoms with van der Waals surface area (Å²) in [6, 6.07) is 11.2. The Morgan fingerprint density at radius 2 is 1.63 bits per heavy atom. The average molecular weight is 411 g/mol. The topological polar surface area (TPSA) is 114 Å². The second-order valence-corrected chi connectivity index (χ2v) is 6.56. The molecule has 0 aliphatic heterocycles. The summed E-state index contributed by atoms with van der Waals surface area (Å²) in [6.07, 6.45) is 1.10. The normalized spacial score (nSPS) is 10.1. The molecular weight excluding hydrogens is 386 g/mol. The van der Waals surface area contributed by atoms with Gasteiger partial charge in [-0.15, -0.1) is 0 Å². The molecule has 0 saturated carbocycles. The Balaban J connectivity index is 2.04. The van der Waals surface area contributed by atoms with Crippen LogP contribution < -0.4 is 20.7 Å². The van der Waals surface area contributed by atoms with E-state index in [2.05, 4.69) is 16.0 Å². The Labute approximate surface area is 175 Å². The van der Waals surface area contributed by atoms with Crippen LogP contribution in [0.4, 0.5) is 11.4 Å². The van der Waals surface area contributed by atoms with Crippen molar-refractivity contribution in [2.45, 2.75) is 26.7 Å². The third-order valence-electron chi connectivity index (χ3n) is 4.11. The van der Waals surface area contributed by atoms with Crippen LogP contribution in [0, 0.1) is 0 Å². The zero-order valence-electron chi connectivity index (χ0n) is 17.2. The van der Waals surface area contributed by atoms with Crippen molar-refractivity contribution in [1.82, 2.24) is 5.32 Å². The first kappa shape index (κ1) is 22.6. The molecule has 30 heavy (non-hydrogen) atoms. The Morgan fingerprint density at radius 1 is 0.933 bits per heavy atom. The van der Waals surface area contributed by atoms with Crippen LogP contribution >= 0.6 is 0 Å². The van der Waals surface area contributed by atoms with Gasteiger partial charge in [0.2, 0.25) is 5.91 Å². The van der Waals surface area contributed by atoms with Gasteiger partial charge in [-0.2, -0.15) is 0 Å². The summed E-state index contributed by atoms with van der Waals surface area (Å²) in [7, 11) is 1.52. The van der Waals surface area contributed by atoms with E-state index in [0.717, 1.165) is 0 Å². The molecule has 2 aromatic rings. The van der Waals surface area contributed by atoms with E-state index >= 15 is 0 Å². The fourth-order valence-electron chi connectivity index (χ4n) is 2.68. The van der Waals surface area contributed by atoms with Gasteiger partial charge in [0, 0.05) is 30.4 Å². The predicted octanol–water partition coefficient (Wildman–Crippen LogP) is 3.00. The first-order chi connectivity index (χ1) is 14.3. The van der Waals surface area contributed by atoms with Gasteiger partial charge in [-0.3, -0.25) is 19.2 Å². The number of nitrogens with one attached hydrogen (secondary N) is 3. The second-order valence-electron chi connectivity index (χ2n) is 6.56. The SMILES string of the molecule is CCCC(=O)Nc1ccc(OCC(=O)Nc2cccc(C(=O)NC)c2)c(C(C)=O)c1. The summed E-state index contributed by atoms with van der Waals surface area (Å²) in [5, 5.41) is 7.88. The van der Waals surface area contributed by atoms with Gasteiger partial charge in [-0.05, 0) is 49.7 Å². The maximum Gasteiger partial charge on any atom is 0.262 e. The Morgan fingerprint density at radius 3 is 2.30 bits per heavy atom. The van der Waals surface area contributed by atoms with Crippen molar-refractivity contribution in [2.24, 2.45) is 0 Å². The van der Waals surface area contributed by atoms with Crippen molar-refractivity contribution in [2.75, 3.05) is 24.3 Å². The Hall–Kier alpha value is -3.68. The average Bonchev–Trinajstić information content (AvgIpc) is 2.72. The number of ether oxygens (including phenoxy) is 1. The molecule has 0 atom stereocenters. The van der Waals surface area contributed by atoms with Crippen molar-refractivity contribution < 1.29 is 23.9 Å². The van der Waals surface area contributed by atoms with Crippen LogP contribution in [0.3, 0.4) is 0 Å². The predicted molar refractivity (Wildman–Crippen MR) is 114 cm³/mol. The zero-order chi connectivity index (χ0) is 22.1. The maximum atomic E-state index is 12.2. The lowest BCUT2D eigenvalue weighted by atomic mass is 10.1. The third-order valence-corrected chi connectivity index (χ3v) is 4.11. The van der Waals surface area contributed by atoms with Crippen LogP contribution in [0.25, 0.3) is 0 Å². The summed E-state index contributed by atoms with van der Waals surface area (Å²) in [4.78, 5) is 47.6. The molecule has 0 aliphatic carbocycles. The molecule has 0 bridgehead atoms. The van der Waals surface area contributed by atoms with Crippen LogP contribution in [0.1, 0.15) is 47.4 Å². The molecule has 158 valence electrons. The van der Waals surface area contributed by atoms with Crippen molar-refractivity contribution in [3.8, 4) is 5.75 Å². The molecule has 2 rings (SSSR count). The van der Waals surface area contributed by atoms with E-state index in [1.54, 1.807) is 30.3 Å². The Kier molecular flexibility index (Phi) is 8.10. The van der Waals surface area contributed by atoms with Crippen molar-refractivity contribution in [3.63, 3.8) is 0 Å². The van der Waals surface area contributed by atoms with Gasteiger partial charge in [0.1, 0.15) is 5.75 Å². The van der Waals surface area contributed by atoms with Crippen LogP contribution in [-0.2, 0) is 9.59 Å². The van der Waals surface area contributed by atoms with Crippen molar-refractivity contribution in [3.05, 3.63) is 53.6 Å². The molecule has 0 unspecified atom stereocenters. The molecule has 0 fully saturated rings. The van der Waals surface area contributed by atoms with Crippen LogP contribution in [0.5, 0.6) is 5.75 Å². The number of benzene rings is 2. The third kappa shape index (κ3) is 6.44. The van der Waals surface area contributed by atoms with Gasteiger partial charge >= 0.3 is 0 Å². The van der Waals surface area contributed by atoms with E-state index in [-0.39, 0.29) is 35.5 Å². The van der Waals surface area contributed by atoms with Gasteiger partial charge in [0.05, 0.1) is 5.56 Å². The van der Waals surface area contributed by atoms with Gasteiger partial charge in [0.25, 0.3) is 11.8 Å². The van der Waals surface area contributed by atoms with Crippen LogP contribution in [0.2, 0.25) is 0 Å². The lowest BCUT2D eigenvalue weighted by Gasteiger charge is -2.13. The summed E-state index contributed by atoms with van der Waals surface area (Å²) >= 11 is 0. The fraction of sp³-hybridized carbons (Fsp3) is 0.273. The largest absolute Gasteiger partial charge is 0.483 e. The molecular formula is C22H25N3O5. The standard InChI is InChI=1S/C22H25N3O5/c1-4-6-20(27)24-17-9-10-19(18(12-17)14(2)26)30-13-21(28)25-16-8-5-7-15(11-16)22(29)23-3/h5,7-12H,4,6,13H2,1-3H3,(H,23,29)(H,24,27)(H,25,28). The minimum absolute atomic E-state index is 0.140. The lowest BCUT2D eigenvalue weighted by molar-refractivity contribution is -0.118. The quantitative estimate of drug-likeness (QED) is 0.549. The number of hydrogen-bond donors (Lipinski definition) is 3. The highest BCUT2D eigenvalue weighted by Gasteiger charge is 2.13. The first-order valence-electron chi connectivity index (χ1n) is 9.53. The summed E-state index contributed by atoms with van der Waals surface area (Å²) in [5.74, 6) is -0.863. The fourth-order valence-corrected chi connectivity index (χ4v) is 2.68. The van der Waals surface area contributed by atoms with Crippen molar-refractivity contribution >= 4 is 34.9 Å². The smallest absolute Gasteiger partial charge is 0.262 e. The number of Topliss-reactive ketones (excluding diaryl/α,β-unsaturated/α-hetero) is 1. The second kappa shape index (κ2) is 10.8. The molecule has 0 saturated heterocycles. The molecule has 0 radical (unpaired) electrons. The van der Waals surface area contributed by atoms with Crippen molar-refractivity contribution in [1.29, 1.82) is 0 Å². The lowest BCUT2D eigenvalue weighted by Crippen LogP contribution is -2.22. The highest BCUT2D eigenvalue weighted by atomic mass is 16.5. The zero-order valence-corrected chi connectivity index (χ0v) is 17.2. The molecule has 0 aliphatic rings. The van der Waals surface area contributed by atoms with Gasteiger partial charge in [-0.1, -0.05) is 13.0 Å². The van der Waals surface area contributed by atoms with Gasteiger partial charge in [-0.25, -0.2) is 0 Å². The number of anilines is 2. The van der Waals surface area contributed by atoms with E-state index < -0.39 is 5.91 Å². The minimum atomic E-state index is -0.445. The molecule has 8 heteroatoms. The van der Waals surface area contributed by atoms with Crippen LogP contribution in [0.15, 0.2) is 42.5 Å². The summed E-state index contributed by atoms with van der Waals surface area (Å²) in [6.45, 7) is 2.95. The molecule has 3 N–H and O–H groups in total. The number of carbonyl (C=O) groups is 4. The van der Waals surface area contributed by atoms with E-state index in [0.29, 0.717) is 29.8 Å². The number of amides is 3. The summed E-state index contributed by atoms with van der Waals surface area (Å²) < 4.78 is 5.51. The monoisotopic (exact) mass is 411 g/mol. The Bertz CT molecular complexity index is 956. The van der Waals surface area contributed by atoms with E-state index in [1.807, 2.05) is 6.92 Å². The first-order valence-corrected chi connectivity index (χ1v) is 9.53. The summed E-state index contributed by atoms with van der Waals surface area (Å²) in [5.41, 5.74) is 1.61. The van der Waals surface area contributed by atoms with E-state index in [1.165, 1.54) is 26.1 Å². The molecule has 3 amide bonds. The number of carbonyl (C=O) groups excluding carboxylic acids is 4. The highest BCUT2D eigenvalue weighted by Crippen LogP contribution is 2.24. The van der Waals surface area contributed by atoms with Gasteiger partial charge in [0.15, 0.2) is 12.4 Å². The van der Waals surface area contributed by atoms with Gasteiger partial charge < -0.3 is 20.7 Å². The van der Waals surface area contributed by atoms with Crippen LogP contribution in [-0.4, -0.2) is 37.2 Å². The molecule has 2 aromatic carbocycles. The molecule has 0 spiro atoms. The minimum Gasteiger partial charge on any atom is -0.483 e. The number of ketones is 1. The van der Waals surface area contributed by atoms with E-state index in [4.69, 9.17) is 4.74 Å². The maximum absolute atomic E-state index is 12.2. The van der Waals surface area contributed by atoms with E-state index in [9.17, 15) is 19.2 Å².